The Morgan fingerprint density at radius 1 is 1.05 bits per heavy atom. The Kier molecular flexibility index (Phi) is 3.03. The predicted octanol–water partition coefficient (Wildman–Crippen LogP) is 4.37. The molecule has 1 N–H and O–H groups in total. The van der Waals surface area contributed by atoms with Crippen LogP contribution in [-0.4, -0.2) is 11.7 Å². The van der Waals surface area contributed by atoms with Crippen LogP contribution in [0.3, 0.4) is 0 Å². The topological polar surface area (TPSA) is 46.5 Å². The maximum absolute atomic E-state index is 9.06. The van der Waals surface area contributed by atoms with Crippen molar-refractivity contribution in [3.05, 3.63) is 34.2 Å². The van der Waals surface area contributed by atoms with Gasteiger partial charge < -0.3 is 13.9 Å². The first-order valence-electron chi connectivity index (χ1n) is 6.33. The van der Waals surface area contributed by atoms with Crippen LogP contribution in [0.15, 0.2) is 21.0 Å². The van der Waals surface area contributed by atoms with Crippen molar-refractivity contribution in [3.8, 4) is 0 Å². The Morgan fingerprint density at radius 2 is 1.68 bits per heavy atom. The largest absolute Gasteiger partial charge is 0.461 e. The molecule has 0 saturated carbocycles. The number of aliphatic hydroxyl groups excluding tert-OH is 1. The minimum absolute atomic E-state index is 0.155. The first-order valence-corrected chi connectivity index (χ1v) is 6.71. The summed E-state index contributed by atoms with van der Waals surface area (Å²) in [6.45, 7) is 3.96. The summed E-state index contributed by atoms with van der Waals surface area (Å²) in [5.74, 6) is 1.65. The van der Waals surface area contributed by atoms with Gasteiger partial charge in [0.2, 0.25) is 0 Å². The summed E-state index contributed by atoms with van der Waals surface area (Å²) in [7, 11) is 0. The van der Waals surface area contributed by atoms with Crippen molar-refractivity contribution in [2.45, 2.75) is 26.7 Å². The standard InChI is InChI=1S/C15H15ClO3/c1-8-6-11-10(4-3-5-17)14-12(7-9(2)18-14)13(16)15(11)19-8/h6-7,17H,3-5H2,1-2H3. The van der Waals surface area contributed by atoms with E-state index in [4.69, 9.17) is 25.5 Å². The van der Waals surface area contributed by atoms with Gasteiger partial charge in [-0.2, -0.15) is 0 Å². The third-order valence-electron chi connectivity index (χ3n) is 3.33. The molecule has 0 unspecified atom stereocenters. The minimum atomic E-state index is 0.155. The van der Waals surface area contributed by atoms with E-state index in [-0.39, 0.29) is 6.61 Å². The van der Waals surface area contributed by atoms with Gasteiger partial charge in [-0.3, -0.25) is 0 Å². The van der Waals surface area contributed by atoms with Crippen LogP contribution in [0.5, 0.6) is 0 Å². The monoisotopic (exact) mass is 278 g/mol. The minimum Gasteiger partial charge on any atom is -0.461 e. The van der Waals surface area contributed by atoms with E-state index in [1.165, 1.54) is 0 Å². The van der Waals surface area contributed by atoms with Gasteiger partial charge in [0.15, 0.2) is 5.58 Å². The van der Waals surface area contributed by atoms with E-state index in [1.54, 1.807) is 0 Å². The summed E-state index contributed by atoms with van der Waals surface area (Å²) in [5, 5.41) is 11.5. The molecule has 1 aromatic carbocycles. The van der Waals surface area contributed by atoms with Gasteiger partial charge in [-0.05, 0) is 38.8 Å². The summed E-state index contributed by atoms with van der Waals surface area (Å²) in [6.07, 6.45) is 1.43. The molecule has 0 amide bonds. The fraction of sp³-hybridized carbons (Fsp3) is 0.333. The van der Waals surface area contributed by atoms with Crippen LogP contribution < -0.4 is 0 Å². The van der Waals surface area contributed by atoms with E-state index in [0.717, 1.165) is 39.9 Å². The van der Waals surface area contributed by atoms with Crippen molar-refractivity contribution in [3.63, 3.8) is 0 Å². The van der Waals surface area contributed by atoms with Crippen molar-refractivity contribution in [1.82, 2.24) is 0 Å². The van der Waals surface area contributed by atoms with Gasteiger partial charge in [0.05, 0.1) is 5.02 Å². The zero-order valence-electron chi connectivity index (χ0n) is 10.9. The summed E-state index contributed by atoms with van der Waals surface area (Å²) in [4.78, 5) is 0. The highest BCUT2D eigenvalue weighted by atomic mass is 35.5. The second-order valence-electron chi connectivity index (χ2n) is 4.82. The Labute approximate surface area is 115 Å². The van der Waals surface area contributed by atoms with Gasteiger partial charge in [-0.15, -0.1) is 0 Å². The molecule has 2 aromatic heterocycles. The summed E-state index contributed by atoms with van der Waals surface area (Å²) >= 11 is 6.40. The third-order valence-corrected chi connectivity index (χ3v) is 3.71. The van der Waals surface area contributed by atoms with E-state index in [9.17, 15) is 0 Å². The van der Waals surface area contributed by atoms with E-state index < -0.39 is 0 Å². The second kappa shape index (κ2) is 4.58. The van der Waals surface area contributed by atoms with Gasteiger partial charge in [0.1, 0.15) is 17.1 Å². The molecule has 3 nitrogen and oxygen atoms in total. The van der Waals surface area contributed by atoms with Crippen LogP contribution in [0.2, 0.25) is 5.02 Å². The Hall–Kier alpha value is -1.45. The molecule has 0 aliphatic rings. The number of rotatable bonds is 3. The van der Waals surface area contributed by atoms with Crippen LogP contribution in [-0.2, 0) is 6.42 Å². The first-order chi connectivity index (χ1) is 9.11. The number of fused-ring (bicyclic) bond motifs is 2. The maximum atomic E-state index is 9.06. The highest BCUT2D eigenvalue weighted by Crippen LogP contribution is 2.39. The Morgan fingerprint density at radius 3 is 2.37 bits per heavy atom. The maximum Gasteiger partial charge on any atom is 0.154 e. The number of hydrogen-bond donors (Lipinski definition) is 1. The van der Waals surface area contributed by atoms with E-state index in [1.807, 2.05) is 26.0 Å². The molecule has 0 atom stereocenters. The van der Waals surface area contributed by atoms with Crippen LogP contribution >= 0.6 is 11.6 Å². The zero-order chi connectivity index (χ0) is 13.6. The molecule has 19 heavy (non-hydrogen) atoms. The lowest BCUT2D eigenvalue weighted by molar-refractivity contribution is 0.288. The number of benzene rings is 1. The van der Waals surface area contributed by atoms with E-state index in [0.29, 0.717) is 17.0 Å². The molecule has 0 saturated heterocycles. The molecule has 3 rings (SSSR count). The van der Waals surface area contributed by atoms with Crippen LogP contribution in [0.1, 0.15) is 23.5 Å². The molecule has 4 heteroatoms. The van der Waals surface area contributed by atoms with Crippen molar-refractivity contribution < 1.29 is 13.9 Å². The number of furan rings is 2. The molecule has 2 heterocycles. The average Bonchev–Trinajstić information content (AvgIpc) is 2.93. The molecule has 0 aliphatic heterocycles. The predicted molar refractivity (Wildman–Crippen MR) is 75.9 cm³/mol. The molecule has 0 radical (unpaired) electrons. The Bertz CT molecular complexity index is 694. The lowest BCUT2D eigenvalue weighted by atomic mass is 10.0. The normalized spacial score (nSPS) is 11.8. The van der Waals surface area contributed by atoms with Crippen LogP contribution in [0.4, 0.5) is 0 Å². The average molecular weight is 279 g/mol. The van der Waals surface area contributed by atoms with Gasteiger partial charge >= 0.3 is 0 Å². The fourth-order valence-corrected chi connectivity index (χ4v) is 2.83. The van der Waals surface area contributed by atoms with Crippen LogP contribution in [0.25, 0.3) is 21.9 Å². The first kappa shape index (κ1) is 12.6. The number of aliphatic hydroxyl groups is 1. The number of hydrogen-bond acceptors (Lipinski definition) is 3. The molecule has 0 bridgehead atoms. The summed E-state index contributed by atoms with van der Waals surface area (Å²) in [6, 6.07) is 3.91. The van der Waals surface area contributed by atoms with E-state index >= 15 is 0 Å². The quantitative estimate of drug-likeness (QED) is 0.773. The molecule has 0 fully saturated rings. The summed E-state index contributed by atoms with van der Waals surface area (Å²) in [5.41, 5.74) is 2.58. The molecule has 0 spiro atoms. The van der Waals surface area contributed by atoms with Crippen molar-refractivity contribution in [2.24, 2.45) is 0 Å². The SMILES string of the molecule is Cc1cc2c(CCCO)c3oc(C)cc3c(Cl)c2o1. The molecular weight excluding hydrogens is 264 g/mol. The van der Waals surface area contributed by atoms with Crippen molar-refractivity contribution in [1.29, 1.82) is 0 Å². The third kappa shape index (κ3) is 1.94. The fourth-order valence-electron chi connectivity index (χ4n) is 2.55. The number of halogens is 1. The number of aryl methyl sites for hydroxylation is 3. The molecule has 100 valence electrons. The second-order valence-corrected chi connectivity index (χ2v) is 5.20. The lowest BCUT2D eigenvalue weighted by Gasteiger charge is -2.05. The zero-order valence-corrected chi connectivity index (χ0v) is 11.7. The van der Waals surface area contributed by atoms with Gasteiger partial charge in [0, 0.05) is 22.9 Å². The van der Waals surface area contributed by atoms with E-state index in [2.05, 4.69) is 0 Å². The smallest absolute Gasteiger partial charge is 0.154 e. The van der Waals surface area contributed by atoms with Gasteiger partial charge in [-0.25, -0.2) is 0 Å². The van der Waals surface area contributed by atoms with Gasteiger partial charge in [0.25, 0.3) is 0 Å². The highest BCUT2D eigenvalue weighted by molar-refractivity contribution is 6.40. The van der Waals surface area contributed by atoms with Crippen molar-refractivity contribution >= 4 is 33.5 Å². The van der Waals surface area contributed by atoms with Crippen LogP contribution in [0, 0.1) is 13.8 Å². The highest BCUT2D eigenvalue weighted by Gasteiger charge is 2.19. The molecule has 3 aromatic rings. The Balaban J connectivity index is 2.40. The summed E-state index contributed by atoms with van der Waals surface area (Å²) < 4.78 is 11.5. The lowest BCUT2D eigenvalue weighted by Crippen LogP contribution is -1.91. The molecular formula is C15H15ClO3. The van der Waals surface area contributed by atoms with Gasteiger partial charge in [-0.1, -0.05) is 11.6 Å². The van der Waals surface area contributed by atoms with Crippen molar-refractivity contribution in [2.75, 3.05) is 6.61 Å². The molecule has 0 aliphatic carbocycles.